The highest BCUT2D eigenvalue weighted by Gasteiger charge is 2.38. The van der Waals surface area contributed by atoms with Crippen LogP contribution in [0, 0.1) is 5.92 Å². The minimum Gasteiger partial charge on any atom is -0.366 e. The van der Waals surface area contributed by atoms with Gasteiger partial charge in [-0.2, -0.15) is 14.7 Å². The van der Waals surface area contributed by atoms with Crippen molar-refractivity contribution in [3.63, 3.8) is 0 Å². The standard InChI is InChI=1S/C25H25N7/c1-31-16-17(15-28-31)14-26-25-13-20(29-24-10-11-27-32(24)25)8-6-19-12-21(19)23-9-7-18-4-2-3-5-22(18)30-23/h2-5,7,9-11,13,15-16,19,21,26H,6,8,12,14H2,1H3/t19-,21-/m1/s1. The molecule has 0 spiro atoms. The van der Waals surface area contributed by atoms with E-state index in [2.05, 4.69) is 58.0 Å². The molecule has 160 valence electrons. The third kappa shape index (κ3) is 3.70. The lowest BCUT2D eigenvalue weighted by molar-refractivity contribution is 0.687. The summed E-state index contributed by atoms with van der Waals surface area (Å²) in [5.74, 6) is 2.21. The van der Waals surface area contributed by atoms with E-state index in [0.29, 0.717) is 18.4 Å². The lowest BCUT2D eigenvalue weighted by Crippen LogP contribution is -2.07. The van der Waals surface area contributed by atoms with Gasteiger partial charge in [-0.05, 0) is 37.3 Å². The highest BCUT2D eigenvalue weighted by atomic mass is 15.3. The van der Waals surface area contributed by atoms with Crippen molar-refractivity contribution >= 4 is 22.4 Å². The van der Waals surface area contributed by atoms with E-state index in [1.165, 1.54) is 17.5 Å². The van der Waals surface area contributed by atoms with Crippen LogP contribution in [0.4, 0.5) is 5.82 Å². The first kappa shape index (κ1) is 19.0. The monoisotopic (exact) mass is 423 g/mol. The van der Waals surface area contributed by atoms with E-state index >= 15 is 0 Å². The molecule has 0 amide bonds. The summed E-state index contributed by atoms with van der Waals surface area (Å²) in [6.45, 7) is 0.699. The lowest BCUT2D eigenvalue weighted by atomic mass is 10.1. The normalized spacial score (nSPS) is 17.8. The molecule has 0 saturated heterocycles. The van der Waals surface area contributed by atoms with Crippen LogP contribution < -0.4 is 5.32 Å². The number of hydrogen-bond donors (Lipinski definition) is 1. The summed E-state index contributed by atoms with van der Waals surface area (Å²) in [6.07, 6.45) is 8.99. The van der Waals surface area contributed by atoms with E-state index < -0.39 is 0 Å². The van der Waals surface area contributed by atoms with Gasteiger partial charge in [0.2, 0.25) is 0 Å². The number of benzene rings is 1. The van der Waals surface area contributed by atoms with Gasteiger partial charge in [-0.25, -0.2) is 4.98 Å². The van der Waals surface area contributed by atoms with Gasteiger partial charge in [0, 0.05) is 60.2 Å². The van der Waals surface area contributed by atoms with Crippen LogP contribution in [0.25, 0.3) is 16.6 Å². The Bertz CT molecular complexity index is 1400. The number of rotatable bonds is 7. The Labute approximate surface area is 186 Å². The van der Waals surface area contributed by atoms with Crippen molar-refractivity contribution in [3.8, 4) is 0 Å². The van der Waals surface area contributed by atoms with Gasteiger partial charge < -0.3 is 5.32 Å². The predicted molar refractivity (Wildman–Crippen MR) is 124 cm³/mol. The number of aryl methyl sites for hydroxylation is 2. The molecule has 1 aromatic carbocycles. The largest absolute Gasteiger partial charge is 0.366 e. The molecule has 32 heavy (non-hydrogen) atoms. The average Bonchev–Trinajstić information content (AvgIpc) is 3.21. The number of nitrogens with zero attached hydrogens (tertiary/aromatic N) is 6. The fraction of sp³-hybridized carbons (Fsp3) is 0.280. The second-order valence-corrected chi connectivity index (χ2v) is 8.68. The SMILES string of the molecule is Cn1cc(CNc2cc(CC[C@@H]3C[C@H]3c3ccc4ccccc4n3)nc3ccnn23)cn1. The van der Waals surface area contributed by atoms with Crippen LogP contribution in [0.3, 0.4) is 0 Å². The van der Waals surface area contributed by atoms with Gasteiger partial charge in [-0.1, -0.05) is 24.3 Å². The quantitative estimate of drug-likeness (QED) is 0.421. The summed E-state index contributed by atoms with van der Waals surface area (Å²) < 4.78 is 3.67. The fourth-order valence-corrected chi connectivity index (χ4v) is 4.53. The van der Waals surface area contributed by atoms with Crippen molar-refractivity contribution in [1.82, 2.24) is 29.4 Å². The first-order valence-corrected chi connectivity index (χ1v) is 11.1. The minimum atomic E-state index is 0.571. The maximum atomic E-state index is 4.90. The van der Waals surface area contributed by atoms with Crippen molar-refractivity contribution in [3.05, 3.63) is 84.1 Å². The molecule has 0 radical (unpaired) electrons. The van der Waals surface area contributed by atoms with Crippen LogP contribution in [0.2, 0.25) is 0 Å². The zero-order chi connectivity index (χ0) is 21.5. The molecule has 1 fully saturated rings. The molecule has 1 aliphatic rings. The van der Waals surface area contributed by atoms with Crippen molar-refractivity contribution in [2.45, 2.75) is 31.7 Å². The zero-order valence-corrected chi connectivity index (χ0v) is 18.0. The zero-order valence-electron chi connectivity index (χ0n) is 18.0. The summed E-state index contributed by atoms with van der Waals surface area (Å²) in [6, 6.07) is 16.8. The summed E-state index contributed by atoms with van der Waals surface area (Å²) in [7, 11) is 1.93. The van der Waals surface area contributed by atoms with E-state index in [1.54, 1.807) is 6.20 Å². The maximum absolute atomic E-state index is 4.90. The second-order valence-electron chi connectivity index (χ2n) is 8.68. The molecule has 1 N–H and O–H groups in total. The van der Waals surface area contributed by atoms with E-state index in [-0.39, 0.29) is 0 Å². The van der Waals surface area contributed by atoms with Crippen LogP contribution in [-0.4, -0.2) is 29.4 Å². The number of aromatic nitrogens is 6. The topological polar surface area (TPSA) is 72.9 Å². The minimum absolute atomic E-state index is 0.571. The molecular weight excluding hydrogens is 398 g/mol. The molecule has 1 aliphatic carbocycles. The van der Waals surface area contributed by atoms with Gasteiger partial charge in [-0.3, -0.25) is 9.67 Å². The van der Waals surface area contributed by atoms with Crippen LogP contribution in [0.15, 0.2) is 67.1 Å². The fourth-order valence-electron chi connectivity index (χ4n) is 4.53. The smallest absolute Gasteiger partial charge is 0.157 e. The van der Waals surface area contributed by atoms with Crippen LogP contribution in [0.1, 0.15) is 35.7 Å². The highest BCUT2D eigenvalue weighted by molar-refractivity contribution is 5.78. The van der Waals surface area contributed by atoms with Crippen molar-refractivity contribution in [2.24, 2.45) is 13.0 Å². The Morgan fingerprint density at radius 3 is 2.91 bits per heavy atom. The number of para-hydroxylation sites is 1. The van der Waals surface area contributed by atoms with E-state index in [1.807, 2.05) is 34.7 Å². The third-order valence-corrected chi connectivity index (χ3v) is 6.34. The molecule has 4 aromatic heterocycles. The predicted octanol–water partition coefficient (Wildman–Crippen LogP) is 4.36. The number of pyridine rings is 1. The highest BCUT2D eigenvalue weighted by Crippen LogP contribution is 2.49. The number of anilines is 1. The number of nitrogens with one attached hydrogen (secondary N) is 1. The van der Waals surface area contributed by atoms with Gasteiger partial charge in [0.05, 0.1) is 17.9 Å². The third-order valence-electron chi connectivity index (χ3n) is 6.34. The van der Waals surface area contributed by atoms with Gasteiger partial charge in [0.1, 0.15) is 5.82 Å². The Morgan fingerprint density at radius 2 is 2.00 bits per heavy atom. The van der Waals surface area contributed by atoms with E-state index in [4.69, 9.17) is 9.97 Å². The first-order valence-electron chi connectivity index (χ1n) is 11.1. The molecule has 2 atom stereocenters. The second kappa shape index (κ2) is 7.75. The van der Waals surface area contributed by atoms with E-state index in [0.717, 1.165) is 41.1 Å². The molecule has 7 heteroatoms. The molecular formula is C25H25N7. The van der Waals surface area contributed by atoms with Crippen LogP contribution in [0.5, 0.6) is 0 Å². The Hall–Kier alpha value is -3.74. The molecule has 7 nitrogen and oxygen atoms in total. The first-order chi connectivity index (χ1) is 15.7. The van der Waals surface area contributed by atoms with Crippen LogP contribution in [-0.2, 0) is 20.0 Å². The van der Waals surface area contributed by atoms with Gasteiger partial charge in [-0.15, -0.1) is 0 Å². The molecule has 0 unspecified atom stereocenters. The van der Waals surface area contributed by atoms with Crippen molar-refractivity contribution in [2.75, 3.05) is 5.32 Å². The summed E-state index contributed by atoms with van der Waals surface area (Å²) in [4.78, 5) is 9.72. The molecule has 4 heterocycles. The lowest BCUT2D eigenvalue weighted by Gasteiger charge is -2.10. The number of fused-ring (bicyclic) bond motifs is 2. The molecule has 0 bridgehead atoms. The summed E-state index contributed by atoms with van der Waals surface area (Å²) >= 11 is 0. The Morgan fingerprint density at radius 1 is 1.06 bits per heavy atom. The molecule has 1 saturated carbocycles. The van der Waals surface area contributed by atoms with Crippen molar-refractivity contribution < 1.29 is 0 Å². The molecule has 0 aliphatic heterocycles. The molecule has 5 aromatic rings. The van der Waals surface area contributed by atoms with Gasteiger partial charge in [0.15, 0.2) is 5.65 Å². The van der Waals surface area contributed by atoms with Gasteiger partial charge in [0.25, 0.3) is 0 Å². The maximum Gasteiger partial charge on any atom is 0.157 e. The Balaban J connectivity index is 1.14. The van der Waals surface area contributed by atoms with E-state index in [9.17, 15) is 0 Å². The average molecular weight is 424 g/mol. The van der Waals surface area contributed by atoms with Crippen molar-refractivity contribution in [1.29, 1.82) is 0 Å². The molecule has 6 rings (SSSR count). The summed E-state index contributed by atoms with van der Waals surface area (Å²) in [5.41, 5.74) is 5.43. The number of hydrogen-bond acceptors (Lipinski definition) is 5. The summed E-state index contributed by atoms with van der Waals surface area (Å²) in [5, 5.41) is 13.4. The Kier molecular flexibility index (Phi) is 4.60. The van der Waals surface area contributed by atoms with Crippen LogP contribution >= 0.6 is 0 Å². The van der Waals surface area contributed by atoms with Gasteiger partial charge >= 0.3 is 0 Å².